The SMILES string of the molecule is O=S1(=O)CCC[C@H](NS(=O)(=O)[C@@H]2C[C@H]2c2ccccc2)C1. The Hall–Kier alpha value is -0.920. The normalized spacial score (nSPS) is 31.7. The monoisotopic (exact) mass is 329 g/mol. The number of hydrogen-bond donors (Lipinski definition) is 1. The molecule has 2 fully saturated rings. The summed E-state index contributed by atoms with van der Waals surface area (Å²) in [6, 6.07) is 9.11. The van der Waals surface area contributed by atoms with Crippen molar-refractivity contribution in [1.82, 2.24) is 4.72 Å². The third-order valence-electron chi connectivity index (χ3n) is 4.15. The molecule has 2 aliphatic rings. The van der Waals surface area contributed by atoms with E-state index < -0.39 is 31.2 Å². The van der Waals surface area contributed by atoms with Crippen LogP contribution in [0, 0.1) is 0 Å². The molecule has 1 saturated carbocycles. The highest BCUT2D eigenvalue weighted by molar-refractivity contribution is 7.92. The van der Waals surface area contributed by atoms with Crippen molar-refractivity contribution in [2.75, 3.05) is 11.5 Å². The first-order chi connectivity index (χ1) is 9.87. The lowest BCUT2D eigenvalue weighted by Crippen LogP contribution is -2.44. The fourth-order valence-corrected chi connectivity index (χ4v) is 6.63. The second-order valence-electron chi connectivity index (χ2n) is 5.91. The number of hydrogen-bond acceptors (Lipinski definition) is 4. The van der Waals surface area contributed by atoms with Crippen LogP contribution in [0.2, 0.25) is 0 Å². The number of benzene rings is 1. The van der Waals surface area contributed by atoms with Crippen LogP contribution < -0.4 is 4.72 Å². The maximum absolute atomic E-state index is 12.3. The second kappa shape index (κ2) is 5.37. The van der Waals surface area contributed by atoms with Crippen molar-refractivity contribution in [3.63, 3.8) is 0 Å². The van der Waals surface area contributed by atoms with E-state index in [2.05, 4.69) is 4.72 Å². The molecule has 3 atom stereocenters. The molecule has 1 heterocycles. The summed E-state index contributed by atoms with van der Waals surface area (Å²) in [6.07, 6.45) is 1.74. The van der Waals surface area contributed by atoms with Crippen molar-refractivity contribution in [2.45, 2.75) is 36.5 Å². The van der Waals surface area contributed by atoms with Gasteiger partial charge in [0.1, 0.15) is 0 Å². The van der Waals surface area contributed by atoms with Gasteiger partial charge in [0.15, 0.2) is 9.84 Å². The van der Waals surface area contributed by atoms with Gasteiger partial charge in [-0.15, -0.1) is 0 Å². The number of nitrogens with one attached hydrogen (secondary N) is 1. The number of sulfonamides is 1. The molecule has 0 radical (unpaired) electrons. The summed E-state index contributed by atoms with van der Waals surface area (Å²) in [6.45, 7) is 0. The zero-order valence-electron chi connectivity index (χ0n) is 11.6. The van der Waals surface area contributed by atoms with Crippen LogP contribution in [0.25, 0.3) is 0 Å². The van der Waals surface area contributed by atoms with E-state index in [9.17, 15) is 16.8 Å². The highest BCUT2D eigenvalue weighted by Gasteiger charge is 2.48. The second-order valence-corrected chi connectivity index (χ2v) is 10.1. The smallest absolute Gasteiger partial charge is 0.215 e. The standard InChI is InChI=1S/C14H19NO4S2/c16-20(17)8-4-7-12(10-20)15-21(18,19)14-9-13(14)11-5-2-1-3-6-11/h1-3,5-6,12-15H,4,7-10H2/t12-,13-,14+/m0/s1. The topological polar surface area (TPSA) is 80.3 Å². The van der Waals surface area contributed by atoms with Crippen molar-refractivity contribution >= 4 is 19.9 Å². The molecule has 0 spiro atoms. The summed E-state index contributed by atoms with van der Waals surface area (Å²) in [5, 5.41) is -0.426. The average Bonchev–Trinajstić information content (AvgIpc) is 3.19. The average molecular weight is 329 g/mol. The van der Waals surface area contributed by atoms with Crippen molar-refractivity contribution < 1.29 is 16.8 Å². The van der Waals surface area contributed by atoms with E-state index in [4.69, 9.17) is 0 Å². The molecule has 0 amide bonds. The van der Waals surface area contributed by atoms with Crippen molar-refractivity contribution in [3.05, 3.63) is 35.9 Å². The van der Waals surface area contributed by atoms with Gasteiger partial charge in [0.2, 0.25) is 10.0 Å². The van der Waals surface area contributed by atoms with Crippen LogP contribution in [0.4, 0.5) is 0 Å². The Labute approximate surface area is 125 Å². The molecule has 1 aromatic rings. The summed E-state index contributed by atoms with van der Waals surface area (Å²) in [7, 11) is -6.55. The molecule has 116 valence electrons. The molecule has 0 aromatic heterocycles. The van der Waals surface area contributed by atoms with E-state index in [1.165, 1.54) is 0 Å². The third kappa shape index (κ3) is 3.46. The van der Waals surface area contributed by atoms with E-state index in [0.717, 1.165) is 5.56 Å². The molecule has 5 nitrogen and oxygen atoms in total. The fraction of sp³-hybridized carbons (Fsp3) is 0.571. The van der Waals surface area contributed by atoms with Crippen molar-refractivity contribution in [3.8, 4) is 0 Å². The Balaban J connectivity index is 1.66. The lowest BCUT2D eigenvalue weighted by molar-refractivity contribution is 0.516. The molecule has 1 N–H and O–H groups in total. The molecular weight excluding hydrogens is 310 g/mol. The summed E-state index contributed by atoms with van der Waals surface area (Å²) < 4.78 is 50.5. The highest BCUT2D eigenvalue weighted by atomic mass is 32.2. The summed E-state index contributed by atoms with van der Waals surface area (Å²) in [5.41, 5.74) is 1.03. The molecule has 1 aliphatic carbocycles. The minimum Gasteiger partial charge on any atom is -0.229 e. The highest BCUT2D eigenvalue weighted by Crippen LogP contribution is 2.45. The molecule has 7 heteroatoms. The van der Waals surface area contributed by atoms with Gasteiger partial charge in [-0.2, -0.15) is 0 Å². The van der Waals surface area contributed by atoms with Gasteiger partial charge in [-0.05, 0) is 24.8 Å². The van der Waals surface area contributed by atoms with Crippen LogP contribution in [-0.4, -0.2) is 39.6 Å². The summed E-state index contributed by atoms with van der Waals surface area (Å²) in [4.78, 5) is 0. The maximum Gasteiger partial charge on any atom is 0.215 e. The predicted octanol–water partition coefficient (Wildman–Crippen LogP) is 1.04. The Bertz CT molecular complexity index is 713. The zero-order chi connectivity index (χ0) is 15.1. The molecule has 1 saturated heterocycles. The van der Waals surface area contributed by atoms with Crippen LogP contribution >= 0.6 is 0 Å². The Morgan fingerprint density at radius 2 is 1.86 bits per heavy atom. The maximum atomic E-state index is 12.3. The van der Waals surface area contributed by atoms with Crippen LogP contribution in [0.5, 0.6) is 0 Å². The first kappa shape index (κ1) is 15.0. The number of sulfone groups is 1. The largest absolute Gasteiger partial charge is 0.229 e. The minimum atomic E-state index is -3.45. The fourth-order valence-electron chi connectivity index (χ4n) is 3.00. The molecule has 0 bridgehead atoms. The third-order valence-corrected chi connectivity index (χ3v) is 7.95. The molecule has 3 rings (SSSR count). The van der Waals surface area contributed by atoms with Crippen LogP contribution in [-0.2, 0) is 19.9 Å². The predicted molar refractivity (Wildman–Crippen MR) is 81.3 cm³/mol. The molecule has 1 aliphatic heterocycles. The Morgan fingerprint density at radius 1 is 1.14 bits per heavy atom. The lowest BCUT2D eigenvalue weighted by Gasteiger charge is -2.22. The van der Waals surface area contributed by atoms with Crippen LogP contribution in [0.3, 0.4) is 0 Å². The first-order valence-corrected chi connectivity index (χ1v) is 10.5. The summed E-state index contributed by atoms with van der Waals surface area (Å²) in [5.74, 6) is 0.125. The molecular formula is C14H19NO4S2. The molecule has 1 aromatic carbocycles. The van der Waals surface area contributed by atoms with Gasteiger partial charge < -0.3 is 0 Å². The van der Waals surface area contributed by atoms with Crippen LogP contribution in [0.1, 0.15) is 30.7 Å². The zero-order valence-corrected chi connectivity index (χ0v) is 13.2. The Kier molecular flexibility index (Phi) is 3.83. The van der Waals surface area contributed by atoms with E-state index in [-0.39, 0.29) is 17.4 Å². The minimum absolute atomic E-state index is 0.0314. The van der Waals surface area contributed by atoms with Gasteiger partial charge in [0, 0.05) is 12.0 Å². The van der Waals surface area contributed by atoms with Gasteiger partial charge in [0.25, 0.3) is 0 Å². The van der Waals surface area contributed by atoms with Gasteiger partial charge >= 0.3 is 0 Å². The van der Waals surface area contributed by atoms with Gasteiger partial charge in [0.05, 0.1) is 16.8 Å². The van der Waals surface area contributed by atoms with Gasteiger partial charge in [-0.3, -0.25) is 0 Å². The summed E-state index contributed by atoms with van der Waals surface area (Å²) >= 11 is 0. The molecule has 21 heavy (non-hydrogen) atoms. The van der Waals surface area contributed by atoms with E-state index in [0.29, 0.717) is 19.3 Å². The number of rotatable bonds is 4. The molecule has 0 unspecified atom stereocenters. The van der Waals surface area contributed by atoms with Gasteiger partial charge in [-0.1, -0.05) is 30.3 Å². The first-order valence-electron chi connectivity index (χ1n) is 7.14. The van der Waals surface area contributed by atoms with Crippen molar-refractivity contribution in [2.24, 2.45) is 0 Å². The quantitative estimate of drug-likeness (QED) is 0.895. The van der Waals surface area contributed by atoms with E-state index in [1.807, 2.05) is 30.3 Å². The Morgan fingerprint density at radius 3 is 2.52 bits per heavy atom. The van der Waals surface area contributed by atoms with Gasteiger partial charge in [-0.25, -0.2) is 21.6 Å². The van der Waals surface area contributed by atoms with E-state index in [1.54, 1.807) is 0 Å². The van der Waals surface area contributed by atoms with Crippen molar-refractivity contribution in [1.29, 1.82) is 0 Å². The van der Waals surface area contributed by atoms with Crippen LogP contribution in [0.15, 0.2) is 30.3 Å². The van der Waals surface area contributed by atoms with E-state index >= 15 is 0 Å². The lowest BCUT2D eigenvalue weighted by atomic mass is 10.1.